The lowest BCUT2D eigenvalue weighted by Crippen LogP contribution is -2.38. The highest BCUT2D eigenvalue weighted by Gasteiger charge is 2.24. The Labute approximate surface area is 177 Å². The molecule has 1 saturated heterocycles. The van der Waals surface area contributed by atoms with Crippen molar-refractivity contribution in [2.24, 2.45) is 0 Å². The number of furan rings is 1. The van der Waals surface area contributed by atoms with Gasteiger partial charge in [0.25, 0.3) is 5.91 Å². The van der Waals surface area contributed by atoms with Crippen molar-refractivity contribution in [3.05, 3.63) is 70.7 Å². The van der Waals surface area contributed by atoms with Gasteiger partial charge >= 0.3 is 0 Å². The van der Waals surface area contributed by atoms with Crippen molar-refractivity contribution in [1.82, 2.24) is 10.2 Å². The van der Waals surface area contributed by atoms with Gasteiger partial charge in [-0.25, -0.2) is 4.39 Å². The largest absolute Gasteiger partial charge is 0.451 e. The van der Waals surface area contributed by atoms with Crippen LogP contribution in [0.15, 0.2) is 46.9 Å². The number of nitrogens with one attached hydrogen (secondary N) is 1. The number of carbonyl (C=O) groups excluding carboxylic acids is 1. The Bertz CT molecular complexity index is 1020. The quantitative estimate of drug-likeness (QED) is 0.603. The summed E-state index contributed by atoms with van der Waals surface area (Å²) in [6, 6.07) is 13.0. The number of fused-ring (bicyclic) bond motifs is 1. The minimum Gasteiger partial charge on any atom is -0.451 e. The second-order valence-corrected chi connectivity index (χ2v) is 8.28. The number of halogens is 1. The lowest BCUT2D eigenvalue weighted by Gasteiger charge is -2.31. The first-order valence-corrected chi connectivity index (χ1v) is 10.8. The highest BCUT2D eigenvalue weighted by molar-refractivity contribution is 5.98. The van der Waals surface area contributed by atoms with E-state index in [0.717, 1.165) is 13.1 Å². The lowest BCUT2D eigenvalue weighted by atomic mass is 10.0. The maximum absolute atomic E-state index is 13.6. The Morgan fingerprint density at radius 1 is 1.07 bits per heavy atom. The van der Waals surface area contributed by atoms with Crippen molar-refractivity contribution in [2.75, 3.05) is 19.6 Å². The predicted octanol–water partition coefficient (Wildman–Crippen LogP) is 5.54. The lowest BCUT2D eigenvalue weighted by molar-refractivity contribution is 0.0907. The third-order valence-corrected chi connectivity index (χ3v) is 6.10. The van der Waals surface area contributed by atoms with Crippen LogP contribution in [0, 0.1) is 19.7 Å². The fourth-order valence-electron chi connectivity index (χ4n) is 4.33. The average molecular weight is 409 g/mol. The van der Waals surface area contributed by atoms with Gasteiger partial charge in [0.2, 0.25) is 0 Å². The molecule has 1 aliphatic rings. The molecule has 1 amide bonds. The van der Waals surface area contributed by atoms with Crippen molar-refractivity contribution in [3.63, 3.8) is 0 Å². The van der Waals surface area contributed by atoms with Crippen LogP contribution in [0.5, 0.6) is 0 Å². The summed E-state index contributed by atoms with van der Waals surface area (Å²) in [5.74, 6) is -0.330. The van der Waals surface area contributed by atoms with E-state index in [1.165, 1.54) is 48.9 Å². The molecular weight excluding hydrogens is 379 g/mol. The van der Waals surface area contributed by atoms with Crippen LogP contribution in [0.3, 0.4) is 0 Å². The molecule has 1 N–H and O–H groups in total. The molecule has 1 atom stereocenters. The highest BCUT2D eigenvalue weighted by atomic mass is 19.1. The molecule has 30 heavy (non-hydrogen) atoms. The number of benzene rings is 2. The van der Waals surface area contributed by atoms with Crippen LogP contribution in [-0.2, 0) is 0 Å². The fourth-order valence-corrected chi connectivity index (χ4v) is 4.33. The third kappa shape index (κ3) is 4.41. The number of nitrogens with zero attached hydrogens (tertiary/aromatic N) is 1. The van der Waals surface area contributed by atoms with Crippen molar-refractivity contribution in [3.8, 4) is 0 Å². The summed E-state index contributed by atoms with van der Waals surface area (Å²) >= 11 is 0. The van der Waals surface area contributed by atoms with Gasteiger partial charge in [-0.05, 0) is 63.5 Å². The molecule has 0 radical (unpaired) electrons. The number of amides is 1. The standard InChI is InChI=1S/C25H29FN2O2/c1-17-7-9-19(10-8-17)22(28-13-5-3-4-6-14-28)16-27-25(29)24-18(2)21-15-20(26)11-12-23(21)30-24/h7-12,15,22H,3-6,13-14,16H2,1-2H3,(H,27,29)/t22-/m0/s1. The summed E-state index contributed by atoms with van der Waals surface area (Å²) in [4.78, 5) is 15.4. The Morgan fingerprint density at radius 3 is 2.47 bits per heavy atom. The SMILES string of the molecule is Cc1ccc([C@H](CNC(=O)c2oc3ccc(F)cc3c2C)N2CCCCCC2)cc1. The maximum atomic E-state index is 13.6. The summed E-state index contributed by atoms with van der Waals surface area (Å²) in [5, 5.41) is 3.72. The zero-order chi connectivity index (χ0) is 21.1. The average Bonchev–Trinajstić information content (AvgIpc) is 2.91. The van der Waals surface area contributed by atoms with Gasteiger partial charge in [0.1, 0.15) is 11.4 Å². The molecule has 1 aliphatic heterocycles. The second-order valence-electron chi connectivity index (χ2n) is 8.28. The number of carbonyl (C=O) groups is 1. The summed E-state index contributed by atoms with van der Waals surface area (Å²) < 4.78 is 19.3. The van der Waals surface area contributed by atoms with Crippen LogP contribution in [0.1, 0.15) is 59.0 Å². The van der Waals surface area contributed by atoms with Crippen molar-refractivity contribution in [1.29, 1.82) is 0 Å². The monoisotopic (exact) mass is 408 g/mol. The normalized spacial score (nSPS) is 16.4. The number of likely N-dealkylation sites (tertiary alicyclic amines) is 1. The van der Waals surface area contributed by atoms with Crippen LogP contribution < -0.4 is 5.32 Å². The molecule has 1 fully saturated rings. The molecule has 0 spiro atoms. The number of hydrogen-bond donors (Lipinski definition) is 1. The fraction of sp³-hybridized carbons (Fsp3) is 0.400. The Balaban J connectivity index is 1.55. The van der Waals surface area contributed by atoms with E-state index in [2.05, 4.69) is 41.4 Å². The van der Waals surface area contributed by atoms with E-state index in [9.17, 15) is 9.18 Å². The molecule has 2 heterocycles. The van der Waals surface area contributed by atoms with Crippen molar-refractivity contribution in [2.45, 2.75) is 45.6 Å². The molecule has 2 aromatic carbocycles. The van der Waals surface area contributed by atoms with Crippen LogP contribution in [-0.4, -0.2) is 30.4 Å². The van der Waals surface area contributed by atoms with Crippen molar-refractivity contribution < 1.29 is 13.6 Å². The second kappa shape index (κ2) is 9.00. The molecule has 4 rings (SSSR count). The Morgan fingerprint density at radius 2 is 1.77 bits per heavy atom. The molecule has 3 aromatic rings. The van der Waals surface area contributed by atoms with E-state index in [1.807, 2.05) is 0 Å². The van der Waals surface area contributed by atoms with E-state index >= 15 is 0 Å². The molecule has 0 unspecified atom stereocenters. The predicted molar refractivity (Wildman–Crippen MR) is 117 cm³/mol. The third-order valence-electron chi connectivity index (χ3n) is 6.10. The zero-order valence-corrected chi connectivity index (χ0v) is 17.7. The Kier molecular flexibility index (Phi) is 6.18. The highest BCUT2D eigenvalue weighted by Crippen LogP contribution is 2.27. The molecule has 0 aliphatic carbocycles. The van der Waals surface area contributed by atoms with Crippen LogP contribution in [0.4, 0.5) is 4.39 Å². The van der Waals surface area contributed by atoms with E-state index in [-0.39, 0.29) is 23.5 Å². The minimum atomic E-state index is -0.334. The summed E-state index contributed by atoms with van der Waals surface area (Å²) in [6.45, 7) is 6.47. The summed E-state index contributed by atoms with van der Waals surface area (Å²) in [5.41, 5.74) is 3.64. The van der Waals surface area contributed by atoms with Gasteiger partial charge in [-0.3, -0.25) is 9.69 Å². The molecule has 158 valence electrons. The van der Waals surface area contributed by atoms with Gasteiger partial charge in [-0.1, -0.05) is 42.7 Å². The molecule has 1 aromatic heterocycles. The van der Waals surface area contributed by atoms with E-state index in [4.69, 9.17) is 4.42 Å². The number of hydrogen-bond acceptors (Lipinski definition) is 3. The zero-order valence-electron chi connectivity index (χ0n) is 17.7. The van der Waals surface area contributed by atoms with Gasteiger partial charge < -0.3 is 9.73 Å². The van der Waals surface area contributed by atoms with Crippen molar-refractivity contribution >= 4 is 16.9 Å². The van der Waals surface area contributed by atoms with Gasteiger partial charge in [0.05, 0.1) is 6.04 Å². The maximum Gasteiger partial charge on any atom is 0.287 e. The molecule has 0 bridgehead atoms. The van der Waals surface area contributed by atoms with E-state index in [0.29, 0.717) is 23.1 Å². The molecular formula is C25H29FN2O2. The van der Waals surface area contributed by atoms with E-state index in [1.54, 1.807) is 13.0 Å². The van der Waals surface area contributed by atoms with Gasteiger partial charge in [0.15, 0.2) is 5.76 Å². The van der Waals surface area contributed by atoms with Gasteiger partial charge in [0, 0.05) is 17.5 Å². The molecule has 0 saturated carbocycles. The first-order valence-electron chi connectivity index (χ1n) is 10.8. The minimum absolute atomic E-state index is 0.120. The van der Waals surface area contributed by atoms with Gasteiger partial charge in [-0.15, -0.1) is 0 Å². The summed E-state index contributed by atoms with van der Waals surface area (Å²) in [7, 11) is 0. The van der Waals surface area contributed by atoms with E-state index < -0.39 is 0 Å². The van der Waals surface area contributed by atoms with Crippen LogP contribution in [0.2, 0.25) is 0 Å². The summed E-state index contributed by atoms with van der Waals surface area (Å²) in [6.07, 6.45) is 4.89. The number of aryl methyl sites for hydroxylation is 2. The van der Waals surface area contributed by atoms with Crippen LogP contribution >= 0.6 is 0 Å². The first-order chi connectivity index (χ1) is 14.5. The molecule has 4 nitrogen and oxygen atoms in total. The van der Waals surface area contributed by atoms with Gasteiger partial charge in [-0.2, -0.15) is 0 Å². The number of rotatable bonds is 5. The Hall–Kier alpha value is -2.66. The topological polar surface area (TPSA) is 45.5 Å². The van der Waals surface area contributed by atoms with Crippen LogP contribution in [0.25, 0.3) is 11.0 Å². The first kappa shape index (κ1) is 20.6. The smallest absolute Gasteiger partial charge is 0.287 e. The molecule has 5 heteroatoms.